The topological polar surface area (TPSA) is 9.23 Å². The highest BCUT2D eigenvalue weighted by molar-refractivity contribution is 9.10. The summed E-state index contributed by atoms with van der Waals surface area (Å²) in [5.41, 5.74) is 4.49. The number of halogens is 1. The summed E-state index contributed by atoms with van der Waals surface area (Å²) in [4.78, 5) is 0. The van der Waals surface area contributed by atoms with E-state index in [4.69, 9.17) is 4.74 Å². The highest BCUT2D eigenvalue weighted by Gasteiger charge is 2.43. The number of ether oxygens (including phenoxy) is 1. The number of fused-ring (bicyclic) bond motifs is 1. The van der Waals surface area contributed by atoms with Crippen LogP contribution in [-0.2, 0) is 11.2 Å². The average Bonchev–Trinajstić information content (AvgIpc) is 2.65. The minimum Gasteiger partial charge on any atom is -0.398 e. The van der Waals surface area contributed by atoms with Gasteiger partial charge in [0.15, 0.2) is 0 Å². The molecule has 0 radical (unpaired) electrons. The molecule has 0 heterocycles. The lowest BCUT2D eigenvalue weighted by Gasteiger charge is -2.40. The molecule has 1 spiro atoms. The van der Waals surface area contributed by atoms with Crippen molar-refractivity contribution >= 4 is 45.0 Å². The Kier molecular flexibility index (Phi) is 3.94. The molecule has 0 bridgehead atoms. The Morgan fingerprint density at radius 2 is 1.90 bits per heavy atom. The van der Waals surface area contributed by atoms with E-state index >= 15 is 0 Å². The molecule has 1 saturated carbocycles. The minimum absolute atomic E-state index is 0.0321. The van der Waals surface area contributed by atoms with Gasteiger partial charge in [0, 0.05) is 4.47 Å². The molecule has 1 aromatic rings. The van der Waals surface area contributed by atoms with Crippen LogP contribution in [-0.4, -0.2) is 34.9 Å². The van der Waals surface area contributed by atoms with E-state index in [1.54, 1.807) is 0 Å². The second kappa shape index (κ2) is 5.35. The fourth-order valence-corrected chi connectivity index (χ4v) is 4.34. The highest BCUT2D eigenvalue weighted by Crippen LogP contribution is 2.54. The molecule has 5 heteroatoms. The van der Waals surface area contributed by atoms with Crippen LogP contribution in [0.5, 0.6) is 0 Å². The van der Waals surface area contributed by atoms with Gasteiger partial charge in [-0.1, -0.05) is 28.6 Å². The van der Waals surface area contributed by atoms with Gasteiger partial charge in [-0.15, -0.1) is 0 Å². The first kappa shape index (κ1) is 15.5. The van der Waals surface area contributed by atoms with Crippen LogP contribution >= 0.6 is 15.9 Å². The lowest BCUT2D eigenvalue weighted by atomic mass is 9.52. The second-order valence-electron chi connectivity index (χ2n) is 7.67. The molecule has 2 aliphatic carbocycles. The van der Waals surface area contributed by atoms with Gasteiger partial charge in [-0.3, -0.25) is 0 Å². The molecule has 21 heavy (non-hydrogen) atoms. The third-order valence-corrected chi connectivity index (χ3v) is 5.47. The Hall–Kier alpha value is -0.405. The lowest BCUT2D eigenvalue weighted by Crippen LogP contribution is -2.41. The smallest absolute Gasteiger partial charge is 0.121 e. The van der Waals surface area contributed by atoms with Crippen LogP contribution in [0.4, 0.5) is 0 Å². The molecule has 1 fully saturated rings. The maximum absolute atomic E-state index is 6.18. The molecule has 0 aromatic heterocycles. The first-order valence-electron chi connectivity index (χ1n) is 7.95. The van der Waals surface area contributed by atoms with Crippen molar-refractivity contribution in [3.8, 4) is 0 Å². The van der Waals surface area contributed by atoms with Crippen molar-refractivity contribution in [2.45, 2.75) is 43.5 Å². The fourth-order valence-electron chi connectivity index (χ4n) is 3.98. The zero-order valence-corrected chi connectivity index (χ0v) is 14.9. The number of allylic oxidation sites excluding steroid dienone is 1. The van der Waals surface area contributed by atoms with E-state index in [2.05, 4.69) is 64.2 Å². The lowest BCUT2D eigenvalue weighted by molar-refractivity contribution is 0.00358. The van der Waals surface area contributed by atoms with Gasteiger partial charge < -0.3 is 4.74 Å². The van der Waals surface area contributed by atoms with Crippen molar-refractivity contribution < 1.29 is 4.74 Å². The van der Waals surface area contributed by atoms with Crippen LogP contribution < -0.4 is 0 Å². The summed E-state index contributed by atoms with van der Waals surface area (Å²) in [6, 6.07) is 6.65. The van der Waals surface area contributed by atoms with Crippen molar-refractivity contribution in [1.29, 1.82) is 0 Å². The SMILES string of the molecule is BC(B)(B)O[C@H]1CC[C@]2(CC1)Cc1ccc(Br)cc1C2=C. The quantitative estimate of drug-likeness (QED) is 0.740. The molecule has 0 aliphatic heterocycles. The third kappa shape index (κ3) is 3.05. The summed E-state index contributed by atoms with van der Waals surface area (Å²) >= 11 is 3.59. The fraction of sp³-hybridized carbons (Fsp3) is 0.500. The van der Waals surface area contributed by atoms with Crippen molar-refractivity contribution in [2.24, 2.45) is 5.41 Å². The second-order valence-corrected chi connectivity index (χ2v) is 8.58. The summed E-state index contributed by atoms with van der Waals surface area (Å²) < 4.78 is 7.33. The molecule has 1 aromatic carbocycles. The highest BCUT2D eigenvalue weighted by atomic mass is 79.9. The van der Waals surface area contributed by atoms with Gasteiger partial charge in [0.05, 0.1) is 6.10 Å². The van der Waals surface area contributed by atoms with E-state index in [9.17, 15) is 0 Å². The van der Waals surface area contributed by atoms with Crippen LogP contribution in [0.3, 0.4) is 0 Å². The van der Waals surface area contributed by atoms with Crippen LogP contribution in [0.1, 0.15) is 36.8 Å². The Balaban J connectivity index is 1.74. The Labute approximate surface area is 139 Å². The average molecular weight is 343 g/mol. The van der Waals surface area contributed by atoms with E-state index in [0.29, 0.717) is 11.5 Å². The largest absolute Gasteiger partial charge is 0.398 e. The molecule has 0 amide bonds. The van der Waals surface area contributed by atoms with Crippen LogP contribution in [0.2, 0.25) is 0 Å². The monoisotopic (exact) mass is 342 g/mol. The van der Waals surface area contributed by atoms with Gasteiger partial charge >= 0.3 is 0 Å². The van der Waals surface area contributed by atoms with Crippen molar-refractivity contribution in [2.75, 3.05) is 0 Å². The molecular weight excluding hydrogens is 321 g/mol. The number of hydrogen-bond donors (Lipinski definition) is 0. The van der Waals surface area contributed by atoms with Gasteiger partial charge in [0.2, 0.25) is 0 Å². The Bertz CT molecular complexity index is 571. The van der Waals surface area contributed by atoms with Crippen LogP contribution in [0.15, 0.2) is 29.3 Å². The molecule has 108 valence electrons. The zero-order valence-electron chi connectivity index (χ0n) is 13.3. The van der Waals surface area contributed by atoms with Crippen molar-refractivity contribution in [1.82, 2.24) is 0 Å². The van der Waals surface area contributed by atoms with Gasteiger partial charge in [0.1, 0.15) is 23.5 Å². The summed E-state index contributed by atoms with van der Waals surface area (Å²) in [6.45, 7) is 4.45. The number of hydrogen-bond acceptors (Lipinski definition) is 1. The number of benzene rings is 1. The van der Waals surface area contributed by atoms with Gasteiger partial charge in [-0.05, 0) is 71.7 Å². The van der Waals surface area contributed by atoms with E-state index in [-0.39, 0.29) is 5.30 Å². The van der Waals surface area contributed by atoms with Gasteiger partial charge in [-0.25, -0.2) is 0 Å². The Morgan fingerprint density at radius 3 is 2.52 bits per heavy atom. The van der Waals surface area contributed by atoms with E-state index in [1.165, 1.54) is 29.5 Å². The summed E-state index contributed by atoms with van der Waals surface area (Å²) in [7, 11) is 6.46. The predicted molar refractivity (Wildman–Crippen MR) is 101 cm³/mol. The van der Waals surface area contributed by atoms with Gasteiger partial charge in [-0.2, -0.15) is 0 Å². The van der Waals surface area contributed by atoms with Crippen molar-refractivity contribution in [3.05, 3.63) is 40.4 Å². The maximum atomic E-state index is 6.18. The van der Waals surface area contributed by atoms with Crippen molar-refractivity contribution in [3.63, 3.8) is 0 Å². The summed E-state index contributed by atoms with van der Waals surface area (Å²) in [5.74, 6) is 0. The Morgan fingerprint density at radius 1 is 1.24 bits per heavy atom. The van der Waals surface area contributed by atoms with Gasteiger partial charge in [0.25, 0.3) is 0 Å². The number of rotatable bonds is 2. The van der Waals surface area contributed by atoms with Crippen LogP contribution in [0.25, 0.3) is 5.57 Å². The zero-order chi connectivity index (χ0) is 15.3. The van der Waals surface area contributed by atoms with E-state index in [1.807, 2.05) is 0 Å². The molecule has 1 nitrogen and oxygen atoms in total. The molecule has 0 saturated heterocycles. The molecule has 0 N–H and O–H groups in total. The predicted octanol–water partition coefficient (Wildman–Crippen LogP) is 1.47. The minimum atomic E-state index is -0.0321. The molecule has 2 aliphatic rings. The summed E-state index contributed by atoms with van der Waals surface area (Å²) in [6.07, 6.45) is 6.31. The molecule has 3 rings (SSSR count). The normalized spacial score (nSPS) is 28.8. The maximum Gasteiger partial charge on any atom is 0.121 e. The third-order valence-electron chi connectivity index (χ3n) is 4.98. The van der Waals surface area contributed by atoms with Crippen LogP contribution in [0, 0.1) is 5.41 Å². The molecule has 0 atom stereocenters. The molecular formula is C16H22B3BrO. The molecule has 0 unspecified atom stereocenters. The van der Waals surface area contributed by atoms with E-state index in [0.717, 1.165) is 23.7 Å². The standard InChI is InChI=1S/C16H22B3BrO/c1-10-14-8-12(20)3-2-11(14)9-15(10)6-4-13(5-7-15)21-16(17,18)19/h2-3,8,13H,1,4-7,9,17-19H2/t13-,15-. The first-order chi connectivity index (χ1) is 9.79. The van der Waals surface area contributed by atoms with E-state index < -0.39 is 0 Å². The first-order valence-corrected chi connectivity index (χ1v) is 8.74. The summed E-state index contributed by atoms with van der Waals surface area (Å²) in [5, 5.41) is -0.0321.